The molecule has 1 aromatic carbocycles. The Hall–Kier alpha value is -1.83. The standard InChI is InChI=1S/C13H14N2/c1-15-9-5-8-13(15)11-14-10-12-6-3-2-4-7-12/h2-9,11H,10H2,1H3. The van der Waals surface area contributed by atoms with Gasteiger partial charge in [-0.3, -0.25) is 4.99 Å². The van der Waals surface area contributed by atoms with Gasteiger partial charge in [0.25, 0.3) is 0 Å². The Bertz CT molecular complexity index is 441. The van der Waals surface area contributed by atoms with E-state index in [1.165, 1.54) is 5.56 Å². The van der Waals surface area contributed by atoms with Crippen LogP contribution < -0.4 is 0 Å². The van der Waals surface area contributed by atoms with Crippen LogP contribution in [0.5, 0.6) is 0 Å². The first kappa shape index (κ1) is 9.71. The second-order valence-electron chi connectivity index (χ2n) is 3.50. The number of aliphatic imine (C=N–C) groups is 1. The van der Waals surface area contributed by atoms with E-state index in [4.69, 9.17) is 0 Å². The van der Waals surface area contributed by atoms with Crippen molar-refractivity contribution < 1.29 is 0 Å². The molecule has 0 unspecified atom stereocenters. The van der Waals surface area contributed by atoms with Crippen LogP contribution >= 0.6 is 0 Å². The third-order valence-electron chi connectivity index (χ3n) is 2.32. The third kappa shape index (κ3) is 2.56. The van der Waals surface area contributed by atoms with Gasteiger partial charge in [0.05, 0.1) is 12.2 Å². The van der Waals surface area contributed by atoms with Crippen LogP contribution in [0, 0.1) is 0 Å². The smallest absolute Gasteiger partial charge is 0.0640 e. The summed E-state index contributed by atoms with van der Waals surface area (Å²) in [7, 11) is 2.02. The van der Waals surface area contributed by atoms with Gasteiger partial charge in [0.1, 0.15) is 0 Å². The van der Waals surface area contributed by atoms with E-state index in [1.54, 1.807) is 0 Å². The fourth-order valence-electron chi connectivity index (χ4n) is 1.44. The quantitative estimate of drug-likeness (QED) is 0.675. The van der Waals surface area contributed by atoms with Gasteiger partial charge in [-0.2, -0.15) is 0 Å². The fourth-order valence-corrected chi connectivity index (χ4v) is 1.44. The summed E-state index contributed by atoms with van der Waals surface area (Å²) < 4.78 is 2.05. The van der Waals surface area contributed by atoms with Crippen LogP contribution in [-0.4, -0.2) is 10.8 Å². The molecule has 0 N–H and O–H groups in total. The van der Waals surface area contributed by atoms with Crippen molar-refractivity contribution in [3.8, 4) is 0 Å². The van der Waals surface area contributed by atoms with Crippen LogP contribution in [0.2, 0.25) is 0 Å². The number of aryl methyl sites for hydroxylation is 1. The summed E-state index contributed by atoms with van der Waals surface area (Å²) in [5.41, 5.74) is 2.37. The number of rotatable bonds is 3. The monoisotopic (exact) mass is 198 g/mol. The molecule has 0 spiro atoms. The average molecular weight is 198 g/mol. The SMILES string of the molecule is Cn1cccc1C=NCc1ccccc1. The number of aromatic nitrogens is 1. The summed E-state index contributed by atoms with van der Waals surface area (Å²) >= 11 is 0. The van der Waals surface area contributed by atoms with E-state index in [-0.39, 0.29) is 0 Å². The van der Waals surface area contributed by atoms with Crippen molar-refractivity contribution in [2.75, 3.05) is 0 Å². The highest BCUT2D eigenvalue weighted by molar-refractivity contribution is 5.77. The molecule has 0 amide bonds. The Morgan fingerprint density at radius 2 is 1.93 bits per heavy atom. The first-order valence-electron chi connectivity index (χ1n) is 5.01. The largest absolute Gasteiger partial charge is 0.350 e. The predicted octanol–water partition coefficient (Wildman–Crippen LogP) is 2.64. The van der Waals surface area contributed by atoms with Gasteiger partial charge in [0.2, 0.25) is 0 Å². The van der Waals surface area contributed by atoms with E-state index in [1.807, 2.05) is 43.7 Å². The van der Waals surface area contributed by atoms with E-state index in [0.29, 0.717) is 0 Å². The zero-order valence-corrected chi connectivity index (χ0v) is 8.80. The second kappa shape index (κ2) is 4.60. The maximum absolute atomic E-state index is 4.40. The van der Waals surface area contributed by atoms with E-state index in [2.05, 4.69) is 27.8 Å². The molecule has 15 heavy (non-hydrogen) atoms. The molecule has 0 fully saturated rings. The molecule has 0 saturated heterocycles. The number of nitrogens with zero attached hydrogens (tertiary/aromatic N) is 2. The molecular weight excluding hydrogens is 184 g/mol. The highest BCUT2D eigenvalue weighted by Crippen LogP contribution is 2.01. The van der Waals surface area contributed by atoms with Crippen LogP contribution in [0.25, 0.3) is 0 Å². The average Bonchev–Trinajstić information content (AvgIpc) is 2.66. The molecule has 1 heterocycles. The fraction of sp³-hybridized carbons (Fsp3) is 0.154. The summed E-state index contributed by atoms with van der Waals surface area (Å²) in [6, 6.07) is 14.3. The zero-order chi connectivity index (χ0) is 10.5. The molecule has 0 bridgehead atoms. The lowest BCUT2D eigenvalue weighted by Gasteiger charge is -1.96. The number of benzene rings is 1. The molecule has 0 aliphatic rings. The first-order chi connectivity index (χ1) is 7.36. The Kier molecular flexibility index (Phi) is 2.98. The summed E-state index contributed by atoms with van der Waals surface area (Å²) in [5.74, 6) is 0. The van der Waals surface area contributed by atoms with Crippen molar-refractivity contribution >= 4 is 6.21 Å². The van der Waals surface area contributed by atoms with Gasteiger partial charge in [-0.25, -0.2) is 0 Å². The van der Waals surface area contributed by atoms with E-state index >= 15 is 0 Å². The van der Waals surface area contributed by atoms with Crippen molar-refractivity contribution in [1.82, 2.24) is 4.57 Å². The number of hydrogen-bond acceptors (Lipinski definition) is 1. The lowest BCUT2D eigenvalue weighted by molar-refractivity contribution is 0.915. The molecule has 2 nitrogen and oxygen atoms in total. The van der Waals surface area contributed by atoms with Gasteiger partial charge in [-0.05, 0) is 17.7 Å². The van der Waals surface area contributed by atoms with Crippen LogP contribution in [-0.2, 0) is 13.6 Å². The van der Waals surface area contributed by atoms with Crippen LogP contribution in [0.1, 0.15) is 11.3 Å². The van der Waals surface area contributed by atoms with E-state index < -0.39 is 0 Å². The van der Waals surface area contributed by atoms with Crippen molar-refractivity contribution in [2.45, 2.75) is 6.54 Å². The molecule has 2 rings (SSSR count). The highest BCUT2D eigenvalue weighted by Gasteiger charge is 1.91. The molecule has 76 valence electrons. The highest BCUT2D eigenvalue weighted by atomic mass is 14.9. The van der Waals surface area contributed by atoms with Gasteiger partial charge in [-0.15, -0.1) is 0 Å². The van der Waals surface area contributed by atoms with Crippen LogP contribution in [0.15, 0.2) is 53.7 Å². The van der Waals surface area contributed by atoms with E-state index in [9.17, 15) is 0 Å². The van der Waals surface area contributed by atoms with Gasteiger partial charge in [0, 0.05) is 19.5 Å². The molecule has 0 saturated carbocycles. The van der Waals surface area contributed by atoms with Gasteiger partial charge < -0.3 is 4.57 Å². The molecule has 0 aliphatic heterocycles. The Labute approximate surface area is 89.9 Å². The summed E-state index contributed by atoms with van der Waals surface area (Å²) in [6.45, 7) is 0.742. The van der Waals surface area contributed by atoms with Crippen molar-refractivity contribution in [3.05, 3.63) is 59.9 Å². The lowest BCUT2D eigenvalue weighted by atomic mass is 10.2. The lowest BCUT2D eigenvalue weighted by Crippen LogP contribution is -1.93. The summed E-state index contributed by atoms with van der Waals surface area (Å²) in [5, 5.41) is 0. The Balaban J connectivity index is 2.00. The molecule has 0 atom stereocenters. The summed E-state index contributed by atoms with van der Waals surface area (Å²) in [6.07, 6.45) is 3.93. The van der Waals surface area contributed by atoms with Crippen LogP contribution in [0.3, 0.4) is 0 Å². The third-order valence-corrected chi connectivity index (χ3v) is 2.32. The minimum absolute atomic E-state index is 0.742. The zero-order valence-electron chi connectivity index (χ0n) is 8.80. The normalized spacial score (nSPS) is 11.0. The second-order valence-corrected chi connectivity index (χ2v) is 3.50. The van der Waals surface area contributed by atoms with E-state index in [0.717, 1.165) is 12.2 Å². The maximum atomic E-state index is 4.40. The van der Waals surface area contributed by atoms with Crippen molar-refractivity contribution in [1.29, 1.82) is 0 Å². The summed E-state index contributed by atoms with van der Waals surface area (Å²) in [4.78, 5) is 4.40. The minimum atomic E-state index is 0.742. The molecule has 0 radical (unpaired) electrons. The number of hydrogen-bond donors (Lipinski definition) is 0. The Morgan fingerprint density at radius 3 is 2.60 bits per heavy atom. The molecule has 0 aliphatic carbocycles. The van der Waals surface area contributed by atoms with Crippen molar-refractivity contribution in [2.24, 2.45) is 12.0 Å². The molecule has 2 heteroatoms. The van der Waals surface area contributed by atoms with Gasteiger partial charge in [-0.1, -0.05) is 30.3 Å². The molecule has 1 aromatic heterocycles. The first-order valence-corrected chi connectivity index (χ1v) is 5.01. The maximum Gasteiger partial charge on any atom is 0.0640 e. The minimum Gasteiger partial charge on any atom is -0.350 e. The van der Waals surface area contributed by atoms with Crippen molar-refractivity contribution in [3.63, 3.8) is 0 Å². The molecule has 2 aromatic rings. The topological polar surface area (TPSA) is 17.3 Å². The molecular formula is C13H14N2. The van der Waals surface area contributed by atoms with Gasteiger partial charge in [0.15, 0.2) is 0 Å². The predicted molar refractivity (Wildman–Crippen MR) is 63.2 cm³/mol. The van der Waals surface area contributed by atoms with Gasteiger partial charge >= 0.3 is 0 Å². The van der Waals surface area contributed by atoms with Crippen LogP contribution in [0.4, 0.5) is 0 Å². The Morgan fingerprint density at radius 1 is 1.13 bits per heavy atom.